The molecule has 26 heavy (non-hydrogen) atoms. The summed E-state index contributed by atoms with van der Waals surface area (Å²) in [6, 6.07) is -1.28. The molecule has 10 atom stereocenters. The van der Waals surface area contributed by atoms with Crippen LogP contribution in [0, 0.1) is 0 Å². The van der Waals surface area contributed by atoms with Crippen LogP contribution >= 0.6 is 0 Å². The van der Waals surface area contributed by atoms with Gasteiger partial charge >= 0.3 is 0 Å². The highest BCUT2D eigenvalue weighted by Crippen LogP contribution is 2.28. The van der Waals surface area contributed by atoms with E-state index in [9.17, 15) is 40.5 Å². The van der Waals surface area contributed by atoms with E-state index in [-0.39, 0.29) is 0 Å². The van der Waals surface area contributed by atoms with Gasteiger partial charge < -0.3 is 55.3 Å². The zero-order chi connectivity index (χ0) is 19.6. The van der Waals surface area contributed by atoms with Crippen molar-refractivity contribution in [3.63, 3.8) is 0 Å². The monoisotopic (exact) mass is 383 g/mol. The summed E-state index contributed by atoms with van der Waals surface area (Å²) in [5, 5.41) is 70.7. The largest absolute Gasteiger partial charge is 0.394 e. The average molecular weight is 383 g/mol. The molecular formula is C14H25NO11. The Morgan fingerprint density at radius 3 is 2.04 bits per heavy atom. The Labute approximate surface area is 148 Å². The van der Waals surface area contributed by atoms with Gasteiger partial charge in [0.15, 0.2) is 12.6 Å². The van der Waals surface area contributed by atoms with E-state index >= 15 is 0 Å². The molecule has 0 aromatic carbocycles. The van der Waals surface area contributed by atoms with Crippen LogP contribution in [0.5, 0.6) is 0 Å². The van der Waals surface area contributed by atoms with Crippen LogP contribution in [0.15, 0.2) is 0 Å². The van der Waals surface area contributed by atoms with Gasteiger partial charge in [-0.15, -0.1) is 0 Å². The highest BCUT2D eigenvalue weighted by atomic mass is 16.7. The summed E-state index contributed by atoms with van der Waals surface area (Å²) in [5.74, 6) is -0.574. The number of ether oxygens (including phenoxy) is 3. The van der Waals surface area contributed by atoms with Crippen molar-refractivity contribution in [3.8, 4) is 0 Å². The first-order valence-corrected chi connectivity index (χ1v) is 8.06. The summed E-state index contributed by atoms with van der Waals surface area (Å²) in [6.07, 6.45) is -13.7. The minimum Gasteiger partial charge on any atom is -0.394 e. The number of hydrogen-bond donors (Lipinski definition) is 8. The van der Waals surface area contributed by atoms with Gasteiger partial charge in [0.1, 0.15) is 48.8 Å². The molecule has 2 heterocycles. The molecule has 152 valence electrons. The van der Waals surface area contributed by atoms with Crippen LogP contribution in [0.2, 0.25) is 0 Å². The fourth-order valence-corrected chi connectivity index (χ4v) is 2.97. The van der Waals surface area contributed by atoms with Crippen molar-refractivity contribution in [2.45, 2.75) is 68.3 Å². The van der Waals surface area contributed by atoms with Crippen molar-refractivity contribution in [1.82, 2.24) is 5.32 Å². The van der Waals surface area contributed by atoms with Crippen LogP contribution in [0.25, 0.3) is 0 Å². The van der Waals surface area contributed by atoms with E-state index < -0.39 is 80.5 Å². The van der Waals surface area contributed by atoms with Gasteiger partial charge in [0.05, 0.1) is 13.2 Å². The van der Waals surface area contributed by atoms with E-state index in [4.69, 9.17) is 14.2 Å². The molecule has 2 rings (SSSR count). The summed E-state index contributed by atoms with van der Waals surface area (Å²) < 4.78 is 15.7. The van der Waals surface area contributed by atoms with Crippen LogP contribution in [-0.4, -0.2) is 116 Å². The normalized spacial score (nSPS) is 46.8. The Kier molecular flexibility index (Phi) is 7.27. The lowest BCUT2D eigenvalue weighted by Crippen LogP contribution is -2.67. The van der Waals surface area contributed by atoms with E-state index in [0.29, 0.717) is 0 Å². The van der Waals surface area contributed by atoms with Crippen LogP contribution in [0.1, 0.15) is 6.92 Å². The molecule has 8 N–H and O–H groups in total. The van der Waals surface area contributed by atoms with E-state index in [1.165, 1.54) is 0 Å². The van der Waals surface area contributed by atoms with E-state index in [1.807, 2.05) is 0 Å². The maximum Gasteiger partial charge on any atom is 0.217 e. The molecule has 0 aromatic rings. The second-order valence-corrected chi connectivity index (χ2v) is 6.26. The quantitative estimate of drug-likeness (QED) is 0.226. The predicted molar refractivity (Wildman–Crippen MR) is 80.2 cm³/mol. The van der Waals surface area contributed by atoms with Gasteiger partial charge in [0.25, 0.3) is 0 Å². The van der Waals surface area contributed by atoms with Crippen molar-refractivity contribution in [1.29, 1.82) is 0 Å². The number of hydrogen-bond acceptors (Lipinski definition) is 11. The number of aliphatic hydroxyl groups excluding tert-OH is 7. The van der Waals surface area contributed by atoms with E-state index in [2.05, 4.69) is 5.32 Å². The molecule has 12 heteroatoms. The molecule has 2 saturated heterocycles. The summed E-state index contributed by atoms with van der Waals surface area (Å²) in [7, 11) is 0. The maximum atomic E-state index is 11.4. The zero-order valence-electron chi connectivity index (χ0n) is 14.0. The molecular weight excluding hydrogens is 358 g/mol. The van der Waals surface area contributed by atoms with Gasteiger partial charge in [-0.1, -0.05) is 0 Å². The predicted octanol–water partition coefficient (Wildman–Crippen LogP) is -5.25. The van der Waals surface area contributed by atoms with Gasteiger partial charge in [0, 0.05) is 6.92 Å². The van der Waals surface area contributed by atoms with Crippen molar-refractivity contribution in [3.05, 3.63) is 0 Å². The lowest BCUT2D eigenvalue weighted by Gasteiger charge is -2.46. The summed E-state index contributed by atoms with van der Waals surface area (Å²) >= 11 is 0. The number of rotatable bonds is 5. The highest BCUT2D eigenvalue weighted by Gasteiger charge is 2.50. The second kappa shape index (κ2) is 8.84. The number of carbonyl (C=O) groups is 1. The van der Waals surface area contributed by atoms with E-state index in [1.54, 1.807) is 0 Å². The molecule has 0 spiro atoms. The molecule has 0 bridgehead atoms. The molecule has 0 unspecified atom stereocenters. The SMILES string of the molecule is CC(=O)N[C@@H]1[C@@H](O[C@@H]2O[C@H](CO)[C@@H](O)[C@H](O)[C@H]2O)[C@H](O)[C@@H](CO)O[C@@H]1O. The number of amides is 1. The smallest absolute Gasteiger partial charge is 0.217 e. The standard InChI is InChI=1S/C14H25NO11/c1-4(18)15-7-12(9(20)6(3-17)24-13(7)23)26-14-11(22)10(21)8(19)5(2-16)25-14/h5-14,16-17,19-23H,2-3H2,1H3,(H,15,18)/t5-,6-,7-,8-,9-,10+,11-,12-,13+,14+/m1/s1. The van der Waals surface area contributed by atoms with Gasteiger partial charge in [0.2, 0.25) is 5.91 Å². The van der Waals surface area contributed by atoms with Gasteiger partial charge in [-0.25, -0.2) is 0 Å². The van der Waals surface area contributed by atoms with Gasteiger partial charge in [-0.05, 0) is 0 Å². The highest BCUT2D eigenvalue weighted by molar-refractivity contribution is 5.73. The molecule has 0 aliphatic carbocycles. The number of carbonyl (C=O) groups excluding carboxylic acids is 1. The van der Waals surface area contributed by atoms with Crippen LogP contribution in [0.3, 0.4) is 0 Å². The lowest BCUT2D eigenvalue weighted by molar-refractivity contribution is -0.341. The van der Waals surface area contributed by atoms with Crippen LogP contribution in [0.4, 0.5) is 0 Å². The maximum absolute atomic E-state index is 11.4. The molecule has 0 saturated carbocycles. The van der Waals surface area contributed by atoms with Crippen molar-refractivity contribution in [2.75, 3.05) is 13.2 Å². The Hall–Kier alpha value is -0.930. The summed E-state index contributed by atoms with van der Waals surface area (Å²) in [5.41, 5.74) is 0. The Morgan fingerprint density at radius 2 is 1.50 bits per heavy atom. The first kappa shape index (κ1) is 21.4. The Balaban J connectivity index is 2.21. The third-order valence-electron chi connectivity index (χ3n) is 4.38. The first-order valence-electron chi connectivity index (χ1n) is 8.06. The first-order chi connectivity index (χ1) is 12.2. The topological polar surface area (TPSA) is 198 Å². The second-order valence-electron chi connectivity index (χ2n) is 6.26. The zero-order valence-corrected chi connectivity index (χ0v) is 14.0. The average Bonchev–Trinajstić information content (AvgIpc) is 2.60. The van der Waals surface area contributed by atoms with Gasteiger partial charge in [-0.2, -0.15) is 0 Å². The minimum atomic E-state index is -1.74. The minimum absolute atomic E-state index is 0.574. The van der Waals surface area contributed by atoms with Gasteiger partial charge in [-0.3, -0.25) is 4.79 Å². The molecule has 0 aromatic heterocycles. The third-order valence-corrected chi connectivity index (χ3v) is 4.38. The molecule has 2 fully saturated rings. The lowest BCUT2D eigenvalue weighted by atomic mass is 9.95. The van der Waals surface area contributed by atoms with Crippen LogP contribution < -0.4 is 5.32 Å². The van der Waals surface area contributed by atoms with Crippen LogP contribution in [-0.2, 0) is 19.0 Å². The summed E-state index contributed by atoms with van der Waals surface area (Å²) in [6.45, 7) is -0.195. The molecule has 0 radical (unpaired) electrons. The Morgan fingerprint density at radius 1 is 0.923 bits per heavy atom. The van der Waals surface area contributed by atoms with Crippen molar-refractivity contribution < 1.29 is 54.8 Å². The molecule has 1 amide bonds. The fourth-order valence-electron chi connectivity index (χ4n) is 2.97. The fraction of sp³-hybridized carbons (Fsp3) is 0.929. The number of nitrogens with one attached hydrogen (secondary N) is 1. The summed E-state index contributed by atoms with van der Waals surface area (Å²) in [4.78, 5) is 11.4. The molecule has 2 aliphatic rings. The van der Waals surface area contributed by atoms with Crippen molar-refractivity contribution in [2.24, 2.45) is 0 Å². The van der Waals surface area contributed by atoms with E-state index in [0.717, 1.165) is 6.92 Å². The third kappa shape index (κ3) is 4.31. The Bertz CT molecular complexity index is 478. The van der Waals surface area contributed by atoms with Crippen molar-refractivity contribution >= 4 is 5.91 Å². The number of aliphatic hydroxyl groups is 7. The molecule has 2 aliphatic heterocycles. The molecule has 12 nitrogen and oxygen atoms in total.